The lowest BCUT2D eigenvalue weighted by Crippen LogP contribution is -2.44. The van der Waals surface area contributed by atoms with Crippen LogP contribution >= 0.6 is 12.2 Å². The number of thiocarbonyl (C=S) groups is 1. The molecule has 1 aliphatic rings. The zero-order valence-corrected chi connectivity index (χ0v) is 13.0. The van der Waals surface area contributed by atoms with E-state index >= 15 is 0 Å². The molecule has 0 aliphatic heterocycles. The van der Waals surface area contributed by atoms with Crippen LogP contribution in [0.4, 0.5) is 0 Å². The van der Waals surface area contributed by atoms with Gasteiger partial charge in [-0.25, -0.2) is 0 Å². The lowest BCUT2D eigenvalue weighted by Gasteiger charge is -2.30. The minimum atomic E-state index is 0.484. The van der Waals surface area contributed by atoms with Crippen molar-refractivity contribution in [1.29, 1.82) is 0 Å². The molecule has 3 nitrogen and oxygen atoms in total. The maximum Gasteiger partial charge on any atom is 0.187 e. The average molecular weight is 289 g/mol. The number of hydrogen-bond donors (Lipinski definition) is 2. The molecule has 0 radical (unpaired) electrons. The van der Waals surface area contributed by atoms with Crippen LogP contribution in [0.15, 0.2) is 29.4 Å². The van der Waals surface area contributed by atoms with Gasteiger partial charge in [0.2, 0.25) is 0 Å². The van der Waals surface area contributed by atoms with Gasteiger partial charge >= 0.3 is 0 Å². The van der Waals surface area contributed by atoms with Crippen LogP contribution in [0.5, 0.6) is 0 Å². The second-order valence-corrected chi connectivity index (χ2v) is 5.98. The summed E-state index contributed by atoms with van der Waals surface area (Å²) in [6, 6.07) is 8.63. The number of aryl methyl sites for hydroxylation is 1. The third-order valence-electron chi connectivity index (χ3n) is 3.99. The van der Waals surface area contributed by atoms with E-state index in [0.29, 0.717) is 17.1 Å². The zero-order chi connectivity index (χ0) is 14.4. The molecule has 0 amide bonds. The first-order valence-corrected chi connectivity index (χ1v) is 7.73. The second kappa shape index (κ2) is 7.39. The summed E-state index contributed by atoms with van der Waals surface area (Å²) >= 11 is 5.30. The number of benzene rings is 1. The quantitative estimate of drug-likeness (QED) is 0.509. The van der Waals surface area contributed by atoms with Crippen molar-refractivity contribution in [2.75, 3.05) is 0 Å². The monoisotopic (exact) mass is 289 g/mol. The van der Waals surface area contributed by atoms with E-state index in [4.69, 9.17) is 12.2 Å². The molecule has 0 saturated heterocycles. The fourth-order valence-electron chi connectivity index (χ4n) is 2.62. The molecule has 0 aromatic heterocycles. The standard InChI is InChI=1S/C16H23N3S/c1-12-7-3-5-9-14(12)11-17-19-16(20)18-15-10-6-4-8-13(15)2/h3,5,7,9,11,13,15H,4,6,8,10H2,1-2H3,(H2,18,19,20)/b17-11-/t13-,15+/m1/s1. The Morgan fingerprint density at radius 2 is 2.05 bits per heavy atom. The van der Waals surface area contributed by atoms with Gasteiger partial charge in [0.1, 0.15) is 0 Å². The van der Waals surface area contributed by atoms with Gasteiger partial charge in [-0.1, -0.05) is 44.0 Å². The summed E-state index contributed by atoms with van der Waals surface area (Å²) in [4.78, 5) is 0. The van der Waals surface area contributed by atoms with Crippen molar-refractivity contribution < 1.29 is 0 Å². The first kappa shape index (κ1) is 15.0. The average Bonchev–Trinajstić information content (AvgIpc) is 2.43. The molecule has 0 spiro atoms. The van der Waals surface area contributed by atoms with Gasteiger partial charge in [-0.2, -0.15) is 5.10 Å². The van der Waals surface area contributed by atoms with Gasteiger partial charge < -0.3 is 5.32 Å². The zero-order valence-electron chi connectivity index (χ0n) is 12.2. The van der Waals surface area contributed by atoms with Crippen LogP contribution in [-0.2, 0) is 0 Å². The number of hydrazone groups is 1. The van der Waals surface area contributed by atoms with Crippen molar-refractivity contribution in [2.45, 2.75) is 45.6 Å². The Morgan fingerprint density at radius 3 is 2.80 bits per heavy atom. The summed E-state index contributed by atoms with van der Waals surface area (Å²) in [7, 11) is 0. The normalized spacial score (nSPS) is 22.7. The Morgan fingerprint density at radius 1 is 1.30 bits per heavy atom. The van der Waals surface area contributed by atoms with Crippen molar-refractivity contribution >= 4 is 23.5 Å². The molecule has 0 heterocycles. The van der Waals surface area contributed by atoms with Crippen LogP contribution in [0.25, 0.3) is 0 Å². The van der Waals surface area contributed by atoms with Gasteiger partial charge in [0.05, 0.1) is 6.21 Å². The molecule has 1 aliphatic carbocycles. The smallest absolute Gasteiger partial charge is 0.187 e. The van der Waals surface area contributed by atoms with E-state index in [1.54, 1.807) is 0 Å². The van der Waals surface area contributed by atoms with Gasteiger partial charge in [0.25, 0.3) is 0 Å². The van der Waals surface area contributed by atoms with Crippen LogP contribution < -0.4 is 10.7 Å². The third-order valence-corrected chi connectivity index (χ3v) is 4.20. The van der Waals surface area contributed by atoms with Crippen LogP contribution in [-0.4, -0.2) is 17.4 Å². The number of nitrogens with one attached hydrogen (secondary N) is 2. The van der Waals surface area contributed by atoms with Gasteiger partial charge in [0, 0.05) is 6.04 Å². The highest BCUT2D eigenvalue weighted by Crippen LogP contribution is 2.23. The molecule has 2 N–H and O–H groups in total. The van der Waals surface area contributed by atoms with E-state index < -0.39 is 0 Å². The molecule has 1 aromatic carbocycles. The highest BCUT2D eigenvalue weighted by Gasteiger charge is 2.21. The largest absolute Gasteiger partial charge is 0.358 e. The summed E-state index contributed by atoms with van der Waals surface area (Å²) < 4.78 is 0. The van der Waals surface area contributed by atoms with Crippen molar-refractivity contribution in [3.8, 4) is 0 Å². The SMILES string of the molecule is Cc1ccccc1/C=N\NC(=S)N[C@H]1CCCC[C@H]1C. The van der Waals surface area contributed by atoms with Crippen molar-refractivity contribution in [2.24, 2.45) is 11.0 Å². The maximum absolute atomic E-state index is 5.30. The topological polar surface area (TPSA) is 36.4 Å². The Balaban J connectivity index is 1.81. The molecule has 2 rings (SSSR count). The van der Waals surface area contributed by atoms with Crippen LogP contribution in [0.3, 0.4) is 0 Å². The van der Waals surface area contributed by atoms with Crippen molar-refractivity contribution in [1.82, 2.24) is 10.7 Å². The summed E-state index contributed by atoms with van der Waals surface area (Å²) in [6.07, 6.45) is 6.92. The molecule has 1 aromatic rings. The van der Waals surface area contributed by atoms with E-state index in [1.807, 2.05) is 24.4 Å². The van der Waals surface area contributed by atoms with E-state index in [2.05, 4.69) is 35.8 Å². The Kier molecular flexibility index (Phi) is 5.53. The summed E-state index contributed by atoms with van der Waals surface area (Å²) in [6.45, 7) is 4.36. The van der Waals surface area contributed by atoms with E-state index in [0.717, 1.165) is 5.56 Å². The summed E-state index contributed by atoms with van der Waals surface area (Å²) in [5.74, 6) is 0.684. The van der Waals surface area contributed by atoms with Crippen LogP contribution in [0.2, 0.25) is 0 Å². The molecule has 0 unspecified atom stereocenters. The minimum absolute atomic E-state index is 0.484. The first-order chi connectivity index (χ1) is 9.66. The number of nitrogens with zero attached hydrogens (tertiary/aromatic N) is 1. The Labute approximate surface area is 126 Å². The fourth-order valence-corrected chi connectivity index (χ4v) is 2.83. The molecule has 4 heteroatoms. The Bertz CT molecular complexity index is 484. The van der Waals surface area contributed by atoms with Crippen LogP contribution in [0.1, 0.15) is 43.7 Å². The van der Waals surface area contributed by atoms with Crippen molar-refractivity contribution in [3.05, 3.63) is 35.4 Å². The lowest BCUT2D eigenvalue weighted by molar-refractivity contribution is 0.308. The minimum Gasteiger partial charge on any atom is -0.358 e. The molecule has 108 valence electrons. The third kappa shape index (κ3) is 4.30. The van der Waals surface area contributed by atoms with Gasteiger partial charge in [-0.15, -0.1) is 0 Å². The summed E-state index contributed by atoms with van der Waals surface area (Å²) in [5.41, 5.74) is 5.23. The highest BCUT2D eigenvalue weighted by molar-refractivity contribution is 7.80. The fraction of sp³-hybridized carbons (Fsp3) is 0.500. The summed E-state index contributed by atoms with van der Waals surface area (Å²) in [5, 5.41) is 8.21. The van der Waals surface area contributed by atoms with Crippen LogP contribution in [0, 0.1) is 12.8 Å². The van der Waals surface area contributed by atoms with Gasteiger partial charge in [-0.3, -0.25) is 5.43 Å². The second-order valence-electron chi connectivity index (χ2n) is 5.57. The molecule has 1 saturated carbocycles. The van der Waals surface area contributed by atoms with E-state index in [1.165, 1.54) is 31.2 Å². The predicted octanol–water partition coefficient (Wildman–Crippen LogP) is 3.37. The number of rotatable bonds is 3. The Hall–Kier alpha value is -1.42. The predicted molar refractivity (Wildman–Crippen MR) is 89.1 cm³/mol. The first-order valence-electron chi connectivity index (χ1n) is 7.32. The molecular weight excluding hydrogens is 266 g/mol. The van der Waals surface area contributed by atoms with Crippen molar-refractivity contribution in [3.63, 3.8) is 0 Å². The maximum atomic E-state index is 5.30. The highest BCUT2D eigenvalue weighted by atomic mass is 32.1. The van der Waals surface area contributed by atoms with E-state index in [9.17, 15) is 0 Å². The van der Waals surface area contributed by atoms with E-state index in [-0.39, 0.29) is 0 Å². The molecule has 0 bridgehead atoms. The van der Waals surface area contributed by atoms with Gasteiger partial charge in [-0.05, 0) is 49.0 Å². The molecular formula is C16H23N3S. The van der Waals surface area contributed by atoms with Gasteiger partial charge in [0.15, 0.2) is 5.11 Å². The molecule has 1 fully saturated rings. The lowest BCUT2D eigenvalue weighted by atomic mass is 9.86. The molecule has 20 heavy (non-hydrogen) atoms. The molecule has 2 atom stereocenters. The number of hydrogen-bond acceptors (Lipinski definition) is 2.